The molecular formula is C17H15N3O3. The van der Waals surface area contributed by atoms with Crippen LogP contribution in [0.4, 0.5) is 5.69 Å². The average Bonchev–Trinajstić information content (AvgIpc) is 2.93. The summed E-state index contributed by atoms with van der Waals surface area (Å²) in [4.78, 5) is 26.5. The molecule has 1 aromatic carbocycles. The van der Waals surface area contributed by atoms with Crippen molar-refractivity contribution in [1.29, 1.82) is 0 Å². The third-order valence-corrected chi connectivity index (χ3v) is 3.47. The SMILES string of the molecule is Cc1noc(-c2ccccc2)c1C(=O)Nc1c[nH]c(=O)c(C)c1. The van der Waals surface area contributed by atoms with E-state index in [4.69, 9.17) is 4.52 Å². The number of aromatic amines is 1. The average molecular weight is 309 g/mol. The topological polar surface area (TPSA) is 88.0 Å². The highest BCUT2D eigenvalue weighted by molar-refractivity contribution is 6.08. The number of nitrogens with zero attached hydrogens (tertiary/aromatic N) is 1. The molecule has 116 valence electrons. The highest BCUT2D eigenvalue weighted by Crippen LogP contribution is 2.26. The zero-order valence-electron chi connectivity index (χ0n) is 12.7. The Labute approximate surface area is 132 Å². The van der Waals surface area contributed by atoms with Gasteiger partial charge >= 0.3 is 0 Å². The van der Waals surface area contributed by atoms with Gasteiger partial charge < -0.3 is 14.8 Å². The number of anilines is 1. The van der Waals surface area contributed by atoms with Crippen LogP contribution in [-0.4, -0.2) is 16.0 Å². The van der Waals surface area contributed by atoms with Crippen molar-refractivity contribution >= 4 is 11.6 Å². The van der Waals surface area contributed by atoms with Gasteiger partial charge in [-0.15, -0.1) is 0 Å². The van der Waals surface area contributed by atoms with Crippen molar-refractivity contribution in [2.75, 3.05) is 5.32 Å². The lowest BCUT2D eigenvalue weighted by Crippen LogP contribution is -2.16. The Balaban J connectivity index is 1.95. The molecule has 0 radical (unpaired) electrons. The molecule has 0 atom stereocenters. The zero-order valence-corrected chi connectivity index (χ0v) is 12.7. The maximum atomic E-state index is 12.6. The molecule has 0 saturated carbocycles. The fourth-order valence-electron chi connectivity index (χ4n) is 2.29. The van der Waals surface area contributed by atoms with Gasteiger partial charge in [0, 0.05) is 17.3 Å². The lowest BCUT2D eigenvalue weighted by atomic mass is 10.1. The molecule has 0 aliphatic rings. The Morgan fingerprint density at radius 2 is 1.96 bits per heavy atom. The molecular weight excluding hydrogens is 294 g/mol. The molecule has 23 heavy (non-hydrogen) atoms. The summed E-state index contributed by atoms with van der Waals surface area (Å²) in [5, 5.41) is 6.65. The van der Waals surface area contributed by atoms with Crippen molar-refractivity contribution in [3.8, 4) is 11.3 Å². The van der Waals surface area contributed by atoms with Gasteiger partial charge in [0.05, 0.1) is 11.4 Å². The Morgan fingerprint density at radius 1 is 1.22 bits per heavy atom. The van der Waals surface area contributed by atoms with Crippen LogP contribution in [0.25, 0.3) is 11.3 Å². The van der Waals surface area contributed by atoms with Crippen LogP contribution in [0.2, 0.25) is 0 Å². The van der Waals surface area contributed by atoms with Gasteiger partial charge in [-0.2, -0.15) is 0 Å². The second kappa shape index (κ2) is 5.92. The summed E-state index contributed by atoms with van der Waals surface area (Å²) >= 11 is 0. The van der Waals surface area contributed by atoms with Gasteiger partial charge in [0.1, 0.15) is 5.56 Å². The molecule has 0 aliphatic heterocycles. The Morgan fingerprint density at radius 3 is 2.65 bits per heavy atom. The standard InChI is InChI=1S/C17H15N3O3/c1-10-8-13(9-18-16(10)21)19-17(22)14-11(2)20-23-15(14)12-6-4-3-5-7-12/h3-9H,1-2H3,(H,18,21)(H,19,22). The number of carbonyl (C=O) groups excluding carboxylic acids is 1. The molecule has 0 aliphatic carbocycles. The molecule has 1 amide bonds. The fraction of sp³-hybridized carbons (Fsp3) is 0.118. The predicted octanol–water partition coefficient (Wildman–Crippen LogP) is 2.90. The third kappa shape index (κ3) is 2.91. The normalized spacial score (nSPS) is 10.5. The van der Waals surface area contributed by atoms with Crippen molar-refractivity contribution in [2.45, 2.75) is 13.8 Å². The van der Waals surface area contributed by atoms with Gasteiger partial charge in [-0.1, -0.05) is 35.5 Å². The smallest absolute Gasteiger partial charge is 0.261 e. The second-order valence-electron chi connectivity index (χ2n) is 5.19. The monoisotopic (exact) mass is 309 g/mol. The number of carbonyl (C=O) groups is 1. The highest BCUT2D eigenvalue weighted by Gasteiger charge is 2.21. The van der Waals surface area contributed by atoms with Crippen molar-refractivity contribution < 1.29 is 9.32 Å². The van der Waals surface area contributed by atoms with E-state index in [2.05, 4.69) is 15.5 Å². The van der Waals surface area contributed by atoms with Gasteiger partial charge in [-0.3, -0.25) is 9.59 Å². The number of hydrogen-bond acceptors (Lipinski definition) is 4. The summed E-state index contributed by atoms with van der Waals surface area (Å²) in [6.45, 7) is 3.39. The molecule has 2 heterocycles. The van der Waals surface area contributed by atoms with E-state index in [1.54, 1.807) is 19.9 Å². The van der Waals surface area contributed by atoms with Crippen LogP contribution in [-0.2, 0) is 0 Å². The lowest BCUT2D eigenvalue weighted by molar-refractivity contribution is 0.102. The maximum absolute atomic E-state index is 12.6. The highest BCUT2D eigenvalue weighted by atomic mass is 16.5. The van der Waals surface area contributed by atoms with Crippen molar-refractivity contribution in [2.24, 2.45) is 0 Å². The van der Waals surface area contributed by atoms with Crippen LogP contribution in [0.3, 0.4) is 0 Å². The molecule has 0 saturated heterocycles. The van der Waals surface area contributed by atoms with Crippen molar-refractivity contribution in [3.05, 3.63) is 69.8 Å². The van der Waals surface area contributed by atoms with Crippen molar-refractivity contribution in [1.82, 2.24) is 10.1 Å². The molecule has 2 N–H and O–H groups in total. The van der Waals surface area contributed by atoms with E-state index < -0.39 is 0 Å². The second-order valence-corrected chi connectivity index (χ2v) is 5.19. The molecule has 0 spiro atoms. The number of aromatic nitrogens is 2. The summed E-state index contributed by atoms with van der Waals surface area (Å²) in [6, 6.07) is 10.9. The summed E-state index contributed by atoms with van der Waals surface area (Å²) < 4.78 is 5.31. The first-order valence-corrected chi connectivity index (χ1v) is 7.08. The molecule has 0 fully saturated rings. The van der Waals surface area contributed by atoms with Gasteiger partial charge in [0.25, 0.3) is 11.5 Å². The number of rotatable bonds is 3. The first-order valence-electron chi connectivity index (χ1n) is 7.08. The summed E-state index contributed by atoms with van der Waals surface area (Å²) in [7, 11) is 0. The minimum absolute atomic E-state index is 0.186. The van der Waals surface area contributed by atoms with E-state index in [0.29, 0.717) is 28.3 Å². The van der Waals surface area contributed by atoms with E-state index in [1.807, 2.05) is 30.3 Å². The number of benzene rings is 1. The molecule has 6 heteroatoms. The number of H-pyrrole nitrogens is 1. The number of hydrogen-bond donors (Lipinski definition) is 2. The molecule has 6 nitrogen and oxygen atoms in total. The number of nitrogens with one attached hydrogen (secondary N) is 2. The Hall–Kier alpha value is -3.15. The lowest BCUT2D eigenvalue weighted by Gasteiger charge is -2.06. The van der Waals surface area contributed by atoms with E-state index in [9.17, 15) is 9.59 Å². The summed E-state index contributed by atoms with van der Waals surface area (Å²) in [6.07, 6.45) is 1.46. The van der Waals surface area contributed by atoms with Gasteiger partial charge in [-0.25, -0.2) is 0 Å². The van der Waals surface area contributed by atoms with E-state index in [0.717, 1.165) is 5.56 Å². The summed E-state index contributed by atoms with van der Waals surface area (Å²) in [5.74, 6) is 0.0794. The van der Waals surface area contributed by atoms with Crippen LogP contribution in [0.5, 0.6) is 0 Å². The largest absolute Gasteiger partial charge is 0.355 e. The first-order chi connectivity index (χ1) is 11.1. The number of amides is 1. The van der Waals surface area contributed by atoms with Gasteiger partial charge in [-0.05, 0) is 19.9 Å². The van der Waals surface area contributed by atoms with Crippen LogP contribution in [0, 0.1) is 13.8 Å². The van der Waals surface area contributed by atoms with Crippen LogP contribution >= 0.6 is 0 Å². The molecule has 3 rings (SSSR count). The molecule has 0 bridgehead atoms. The maximum Gasteiger partial charge on any atom is 0.261 e. The first kappa shape index (κ1) is 14.8. The van der Waals surface area contributed by atoms with E-state index in [1.165, 1.54) is 6.20 Å². The quantitative estimate of drug-likeness (QED) is 0.778. The van der Waals surface area contributed by atoms with Crippen LogP contribution in [0.15, 0.2) is 51.9 Å². The Kier molecular flexibility index (Phi) is 3.80. The molecule has 0 unspecified atom stereocenters. The van der Waals surface area contributed by atoms with E-state index >= 15 is 0 Å². The minimum Gasteiger partial charge on any atom is -0.355 e. The van der Waals surface area contributed by atoms with Gasteiger partial charge in [0.2, 0.25) is 0 Å². The molecule has 2 aromatic heterocycles. The Bertz CT molecular complexity index is 910. The fourth-order valence-corrected chi connectivity index (χ4v) is 2.29. The van der Waals surface area contributed by atoms with Crippen LogP contribution in [0.1, 0.15) is 21.6 Å². The zero-order chi connectivity index (χ0) is 16.4. The van der Waals surface area contributed by atoms with Crippen molar-refractivity contribution in [3.63, 3.8) is 0 Å². The van der Waals surface area contributed by atoms with E-state index in [-0.39, 0.29) is 11.5 Å². The number of aryl methyl sites for hydroxylation is 2. The predicted molar refractivity (Wildman–Crippen MR) is 86.4 cm³/mol. The van der Waals surface area contributed by atoms with Gasteiger partial charge in [0.15, 0.2) is 5.76 Å². The minimum atomic E-state index is -0.339. The number of pyridine rings is 1. The van der Waals surface area contributed by atoms with Crippen LogP contribution < -0.4 is 10.9 Å². The summed E-state index contributed by atoms with van der Waals surface area (Å²) in [5.41, 5.74) is 2.49. The third-order valence-electron chi connectivity index (χ3n) is 3.47. The molecule has 3 aromatic rings.